The van der Waals surface area contributed by atoms with E-state index in [1.54, 1.807) is 7.11 Å². The Balaban J connectivity index is 2.42. The third-order valence-corrected chi connectivity index (χ3v) is 2.82. The van der Waals surface area contributed by atoms with Crippen LogP contribution in [0.25, 0.3) is 0 Å². The van der Waals surface area contributed by atoms with Crippen LogP contribution in [0.3, 0.4) is 0 Å². The molecule has 0 saturated carbocycles. The van der Waals surface area contributed by atoms with Gasteiger partial charge in [-0.25, -0.2) is 0 Å². The summed E-state index contributed by atoms with van der Waals surface area (Å²) >= 11 is 0. The van der Waals surface area contributed by atoms with E-state index < -0.39 is 0 Å². The molecule has 0 aliphatic rings. The summed E-state index contributed by atoms with van der Waals surface area (Å²) < 4.78 is 7.16. The molecule has 0 fully saturated rings. The summed E-state index contributed by atoms with van der Waals surface area (Å²) in [5.74, 6) is 0. The zero-order valence-corrected chi connectivity index (χ0v) is 10.5. The first-order valence-corrected chi connectivity index (χ1v) is 5.98. The number of hydrogen-bond donors (Lipinski definition) is 1. The lowest BCUT2D eigenvalue weighted by Crippen LogP contribution is -2.13. The SMILES string of the molecule is CCCn1cc(C(N)CCC(C)OC)cn1. The number of aromatic nitrogens is 2. The van der Waals surface area contributed by atoms with E-state index in [2.05, 4.69) is 18.9 Å². The predicted molar refractivity (Wildman–Crippen MR) is 65.2 cm³/mol. The second-order valence-electron chi connectivity index (χ2n) is 4.27. The Labute approximate surface area is 97.8 Å². The van der Waals surface area contributed by atoms with Gasteiger partial charge in [-0.05, 0) is 26.2 Å². The van der Waals surface area contributed by atoms with Gasteiger partial charge in [-0.15, -0.1) is 0 Å². The molecule has 1 heterocycles. The fourth-order valence-electron chi connectivity index (χ4n) is 1.62. The van der Waals surface area contributed by atoms with Crippen molar-refractivity contribution < 1.29 is 4.74 Å². The minimum absolute atomic E-state index is 0.0724. The molecule has 0 aromatic carbocycles. The van der Waals surface area contributed by atoms with Crippen LogP contribution in [0.2, 0.25) is 0 Å². The zero-order valence-electron chi connectivity index (χ0n) is 10.5. The van der Waals surface area contributed by atoms with Crippen LogP contribution in [0.15, 0.2) is 12.4 Å². The summed E-state index contributed by atoms with van der Waals surface area (Å²) in [5, 5.41) is 4.28. The Morgan fingerprint density at radius 3 is 2.88 bits per heavy atom. The van der Waals surface area contributed by atoms with Crippen LogP contribution in [-0.2, 0) is 11.3 Å². The first kappa shape index (κ1) is 13.2. The number of methoxy groups -OCH3 is 1. The molecule has 0 saturated heterocycles. The lowest BCUT2D eigenvalue weighted by atomic mass is 10.0. The maximum absolute atomic E-state index is 6.10. The van der Waals surface area contributed by atoms with E-state index in [0.717, 1.165) is 31.4 Å². The molecule has 2 N–H and O–H groups in total. The number of rotatable bonds is 7. The predicted octanol–water partition coefficient (Wildman–Crippen LogP) is 2.11. The maximum Gasteiger partial charge on any atom is 0.0543 e. The highest BCUT2D eigenvalue weighted by Crippen LogP contribution is 2.16. The standard InChI is InChI=1S/C12H23N3O/c1-4-7-15-9-11(8-14-15)12(13)6-5-10(2)16-3/h8-10,12H,4-7,13H2,1-3H3. The second-order valence-corrected chi connectivity index (χ2v) is 4.27. The highest BCUT2D eigenvalue weighted by molar-refractivity contribution is 5.09. The third kappa shape index (κ3) is 3.94. The van der Waals surface area contributed by atoms with Crippen molar-refractivity contribution in [3.05, 3.63) is 18.0 Å². The van der Waals surface area contributed by atoms with Crippen molar-refractivity contribution in [2.24, 2.45) is 5.73 Å². The van der Waals surface area contributed by atoms with Gasteiger partial charge < -0.3 is 10.5 Å². The highest BCUT2D eigenvalue weighted by Gasteiger charge is 2.10. The number of nitrogens with two attached hydrogens (primary N) is 1. The summed E-state index contributed by atoms with van der Waals surface area (Å²) in [4.78, 5) is 0. The number of aryl methyl sites for hydroxylation is 1. The third-order valence-electron chi connectivity index (χ3n) is 2.82. The fourth-order valence-corrected chi connectivity index (χ4v) is 1.62. The van der Waals surface area contributed by atoms with Crippen LogP contribution in [0.5, 0.6) is 0 Å². The van der Waals surface area contributed by atoms with Gasteiger partial charge in [0.05, 0.1) is 12.3 Å². The minimum atomic E-state index is 0.0724. The van der Waals surface area contributed by atoms with Crippen molar-refractivity contribution >= 4 is 0 Å². The van der Waals surface area contributed by atoms with E-state index in [9.17, 15) is 0 Å². The molecule has 0 radical (unpaired) electrons. The van der Waals surface area contributed by atoms with Gasteiger partial charge in [0.15, 0.2) is 0 Å². The molecule has 2 atom stereocenters. The van der Waals surface area contributed by atoms with Crippen LogP contribution in [0.4, 0.5) is 0 Å². The minimum Gasteiger partial charge on any atom is -0.382 e. The van der Waals surface area contributed by atoms with Crippen molar-refractivity contribution in [2.45, 2.75) is 51.8 Å². The fraction of sp³-hybridized carbons (Fsp3) is 0.750. The Morgan fingerprint density at radius 2 is 2.25 bits per heavy atom. The molecule has 1 aromatic rings. The molecule has 2 unspecified atom stereocenters. The molecule has 0 bridgehead atoms. The summed E-state index contributed by atoms with van der Waals surface area (Å²) in [5.41, 5.74) is 7.22. The van der Waals surface area contributed by atoms with E-state index in [-0.39, 0.29) is 12.1 Å². The molecule has 4 nitrogen and oxygen atoms in total. The van der Waals surface area contributed by atoms with Gasteiger partial charge in [-0.3, -0.25) is 4.68 Å². The van der Waals surface area contributed by atoms with E-state index in [4.69, 9.17) is 10.5 Å². The molecule has 1 rings (SSSR count). The van der Waals surface area contributed by atoms with E-state index in [1.165, 1.54) is 0 Å². The van der Waals surface area contributed by atoms with Crippen molar-refractivity contribution in [3.8, 4) is 0 Å². The van der Waals surface area contributed by atoms with Crippen molar-refractivity contribution in [1.82, 2.24) is 9.78 Å². The van der Waals surface area contributed by atoms with Crippen LogP contribution >= 0.6 is 0 Å². The quantitative estimate of drug-likeness (QED) is 0.773. The molecule has 0 amide bonds. The van der Waals surface area contributed by atoms with E-state index in [0.29, 0.717) is 0 Å². The summed E-state index contributed by atoms with van der Waals surface area (Å²) in [6.07, 6.45) is 7.21. The lowest BCUT2D eigenvalue weighted by molar-refractivity contribution is 0.107. The molecular formula is C12H23N3O. The van der Waals surface area contributed by atoms with E-state index in [1.807, 2.05) is 17.1 Å². The number of hydrogen-bond acceptors (Lipinski definition) is 3. The molecule has 0 aliphatic carbocycles. The largest absolute Gasteiger partial charge is 0.382 e. The van der Waals surface area contributed by atoms with Gasteiger partial charge in [0, 0.05) is 31.5 Å². The first-order chi connectivity index (χ1) is 7.67. The Bertz CT molecular complexity index is 298. The monoisotopic (exact) mass is 225 g/mol. The molecule has 0 spiro atoms. The molecule has 92 valence electrons. The smallest absolute Gasteiger partial charge is 0.0543 e. The van der Waals surface area contributed by atoms with Crippen LogP contribution < -0.4 is 5.73 Å². The molecule has 4 heteroatoms. The van der Waals surface area contributed by atoms with Crippen LogP contribution in [0.1, 0.15) is 44.7 Å². The van der Waals surface area contributed by atoms with Gasteiger partial charge in [-0.1, -0.05) is 6.92 Å². The van der Waals surface area contributed by atoms with E-state index >= 15 is 0 Å². The highest BCUT2D eigenvalue weighted by atomic mass is 16.5. The van der Waals surface area contributed by atoms with Gasteiger partial charge >= 0.3 is 0 Å². The first-order valence-electron chi connectivity index (χ1n) is 5.98. The molecule has 0 aliphatic heterocycles. The molecule has 1 aromatic heterocycles. The summed E-state index contributed by atoms with van der Waals surface area (Å²) in [6.45, 7) is 5.16. The second kappa shape index (κ2) is 6.66. The Morgan fingerprint density at radius 1 is 1.50 bits per heavy atom. The van der Waals surface area contributed by atoms with Gasteiger partial charge in [0.1, 0.15) is 0 Å². The summed E-state index contributed by atoms with van der Waals surface area (Å²) in [7, 11) is 1.73. The zero-order chi connectivity index (χ0) is 12.0. The van der Waals surface area contributed by atoms with Crippen molar-refractivity contribution in [2.75, 3.05) is 7.11 Å². The lowest BCUT2D eigenvalue weighted by Gasteiger charge is -2.13. The number of nitrogens with zero attached hydrogens (tertiary/aromatic N) is 2. The molecular weight excluding hydrogens is 202 g/mol. The Hall–Kier alpha value is -0.870. The normalized spacial score (nSPS) is 15.0. The van der Waals surface area contributed by atoms with Gasteiger partial charge in [-0.2, -0.15) is 5.10 Å². The summed E-state index contributed by atoms with van der Waals surface area (Å²) in [6, 6.07) is 0.0724. The van der Waals surface area contributed by atoms with Gasteiger partial charge in [0.2, 0.25) is 0 Å². The van der Waals surface area contributed by atoms with Crippen LogP contribution in [0, 0.1) is 0 Å². The van der Waals surface area contributed by atoms with Gasteiger partial charge in [0.25, 0.3) is 0 Å². The molecule has 16 heavy (non-hydrogen) atoms. The average Bonchev–Trinajstić information content (AvgIpc) is 2.74. The van der Waals surface area contributed by atoms with Crippen LogP contribution in [-0.4, -0.2) is 23.0 Å². The van der Waals surface area contributed by atoms with Crippen molar-refractivity contribution in [3.63, 3.8) is 0 Å². The maximum atomic E-state index is 6.10. The number of ether oxygens (including phenoxy) is 1. The Kier molecular flexibility index (Phi) is 5.49. The topological polar surface area (TPSA) is 53.1 Å². The average molecular weight is 225 g/mol. The van der Waals surface area contributed by atoms with Crippen molar-refractivity contribution in [1.29, 1.82) is 0 Å².